The molecule has 4 heterocycles. The van der Waals surface area contributed by atoms with Crippen molar-refractivity contribution in [3.05, 3.63) is 0 Å². The van der Waals surface area contributed by atoms with Gasteiger partial charge in [-0.05, 0) is 240 Å². The molecule has 8 rings (SSSR count). The highest BCUT2D eigenvalue weighted by molar-refractivity contribution is 4.95. The molecule has 4 saturated heterocycles. The van der Waals surface area contributed by atoms with Gasteiger partial charge in [-0.3, -0.25) is 0 Å². The van der Waals surface area contributed by atoms with Crippen LogP contribution in [0.15, 0.2) is 0 Å². The second-order valence-corrected chi connectivity index (χ2v) is 22.4. The van der Waals surface area contributed by atoms with Crippen LogP contribution in [-0.4, -0.2) is 99.6 Å². The maximum absolute atomic E-state index is 2.58. The fraction of sp³-hybridized carbons (Fsp3) is 1.00. The molecule has 4 heteroatoms. The average Bonchev–Trinajstić information content (AvgIpc) is 4.08. The van der Waals surface area contributed by atoms with Crippen LogP contribution in [0.2, 0.25) is 0 Å². The predicted molar refractivity (Wildman–Crippen MR) is 290 cm³/mol. The van der Waals surface area contributed by atoms with Crippen molar-refractivity contribution in [1.82, 2.24) is 19.6 Å². The van der Waals surface area contributed by atoms with Gasteiger partial charge in [-0.15, -0.1) is 0 Å². The summed E-state index contributed by atoms with van der Waals surface area (Å²) < 4.78 is 0. The highest BCUT2D eigenvalue weighted by Gasteiger charge is 2.42. The maximum atomic E-state index is 2.58. The lowest BCUT2D eigenvalue weighted by atomic mass is 9.89. The molecule has 4 saturated carbocycles. The summed E-state index contributed by atoms with van der Waals surface area (Å²) in [4.78, 5) is 10.2. The Bertz CT molecular complexity index is 1020. The summed E-state index contributed by atoms with van der Waals surface area (Å²) in [7, 11) is 9.15. The molecular formula is C59H126N4. The number of piperidine rings is 1. The molecule has 11 unspecified atom stereocenters. The number of hydrogen-bond donors (Lipinski definition) is 0. The van der Waals surface area contributed by atoms with Gasteiger partial charge in [-0.2, -0.15) is 0 Å². The number of likely N-dealkylation sites (tertiary alicyclic amines) is 4. The standard InChI is InChI=1S/2C13H25N.C12H23N.C11H21N.4C2H6.2CH4/c1-10(2)13-8-11-4-6-14(3)7-5-12(11)9-13;1-10(2)12-7-11-5-4-6-14(3)9-13(11)8-12;1-9(2)11-6-10-4-5-13(3)8-12(10)7-11;1-8(2)10-6-9-4-5-12(3)11(9)7-10;4*1-2;;/h2*10-13H,4-9H2,1-3H3;9-12H,4-8H2,1-3H3;8-11H,4-7H2,1-3H3;4*1-2H3;2*1H4. The lowest BCUT2D eigenvalue weighted by molar-refractivity contribution is 0.166. The van der Waals surface area contributed by atoms with Crippen LogP contribution in [0.25, 0.3) is 0 Å². The summed E-state index contributed by atoms with van der Waals surface area (Å²) in [6, 6.07) is 0.942. The molecular weight excluding hydrogens is 765 g/mol. The molecule has 0 aromatic heterocycles. The van der Waals surface area contributed by atoms with E-state index in [4.69, 9.17) is 0 Å². The van der Waals surface area contributed by atoms with E-state index in [9.17, 15) is 0 Å². The van der Waals surface area contributed by atoms with Crippen molar-refractivity contribution in [2.24, 2.45) is 88.8 Å². The summed E-state index contributed by atoms with van der Waals surface area (Å²) in [6.07, 6.45) is 20.9. The third-order valence-electron chi connectivity index (χ3n) is 17.4. The summed E-state index contributed by atoms with van der Waals surface area (Å²) >= 11 is 0. The lowest BCUT2D eigenvalue weighted by Gasteiger charge is -2.32. The Balaban J connectivity index is 0. The van der Waals surface area contributed by atoms with E-state index in [1.54, 1.807) is 0 Å². The van der Waals surface area contributed by atoms with Crippen LogP contribution in [0.3, 0.4) is 0 Å². The summed E-state index contributed by atoms with van der Waals surface area (Å²) in [5.74, 6) is 15.1. The van der Waals surface area contributed by atoms with Gasteiger partial charge in [0.2, 0.25) is 0 Å². The number of nitrogens with zero attached hydrogens (tertiary/aromatic N) is 4. The Morgan fingerprint density at radius 1 is 0.317 bits per heavy atom. The molecule has 4 nitrogen and oxygen atoms in total. The van der Waals surface area contributed by atoms with E-state index in [2.05, 4.69) is 103 Å². The van der Waals surface area contributed by atoms with Gasteiger partial charge in [-0.1, -0.05) is 126 Å². The quantitative estimate of drug-likeness (QED) is 0.279. The van der Waals surface area contributed by atoms with Gasteiger partial charge < -0.3 is 19.6 Å². The lowest BCUT2D eigenvalue weighted by Crippen LogP contribution is -2.35. The van der Waals surface area contributed by atoms with Crippen LogP contribution in [-0.2, 0) is 0 Å². The van der Waals surface area contributed by atoms with Crippen molar-refractivity contribution in [2.75, 3.05) is 74.0 Å². The zero-order valence-corrected chi connectivity index (χ0v) is 45.9. The first kappa shape index (κ1) is 64.9. The molecule has 0 spiro atoms. The highest BCUT2D eigenvalue weighted by Crippen LogP contribution is 2.47. The van der Waals surface area contributed by atoms with Gasteiger partial charge in [0.05, 0.1) is 0 Å². The first-order chi connectivity index (χ1) is 29.2. The fourth-order valence-corrected chi connectivity index (χ4v) is 13.2. The molecule has 382 valence electrons. The van der Waals surface area contributed by atoms with E-state index in [0.717, 1.165) is 94.8 Å². The van der Waals surface area contributed by atoms with Crippen LogP contribution in [0.5, 0.6) is 0 Å². The van der Waals surface area contributed by atoms with Crippen molar-refractivity contribution < 1.29 is 0 Å². The molecule has 8 fully saturated rings. The molecule has 0 amide bonds. The highest BCUT2D eigenvalue weighted by atomic mass is 15.2. The normalized spacial score (nSPS) is 34.7. The molecule has 63 heavy (non-hydrogen) atoms. The number of fused-ring (bicyclic) bond motifs is 4. The molecule has 0 aromatic carbocycles. The topological polar surface area (TPSA) is 13.0 Å². The van der Waals surface area contributed by atoms with Crippen molar-refractivity contribution >= 4 is 0 Å². The van der Waals surface area contributed by atoms with Crippen molar-refractivity contribution in [1.29, 1.82) is 0 Å². The Morgan fingerprint density at radius 2 is 0.603 bits per heavy atom. The Labute approximate surface area is 402 Å². The second kappa shape index (κ2) is 35.0. The van der Waals surface area contributed by atoms with E-state index < -0.39 is 0 Å². The first-order valence-corrected chi connectivity index (χ1v) is 27.9. The van der Waals surface area contributed by atoms with Crippen molar-refractivity contribution in [3.63, 3.8) is 0 Å². The van der Waals surface area contributed by atoms with Crippen LogP contribution < -0.4 is 0 Å². The minimum atomic E-state index is 0. The minimum absolute atomic E-state index is 0. The van der Waals surface area contributed by atoms with Crippen molar-refractivity contribution in [3.8, 4) is 0 Å². The van der Waals surface area contributed by atoms with Crippen LogP contribution in [0.1, 0.15) is 216 Å². The predicted octanol–water partition coefficient (Wildman–Crippen LogP) is 16.4. The zero-order valence-electron chi connectivity index (χ0n) is 45.9. The van der Waals surface area contributed by atoms with E-state index >= 15 is 0 Å². The number of hydrogen-bond acceptors (Lipinski definition) is 4. The Hall–Kier alpha value is -0.160. The van der Waals surface area contributed by atoms with E-state index in [1.807, 2.05) is 55.4 Å². The summed E-state index contributed by atoms with van der Waals surface area (Å²) in [6.45, 7) is 44.6. The van der Waals surface area contributed by atoms with Crippen LogP contribution in [0.4, 0.5) is 0 Å². The largest absolute Gasteiger partial charge is 0.306 e. The smallest absolute Gasteiger partial charge is 0.0124 e. The van der Waals surface area contributed by atoms with Crippen LogP contribution in [0, 0.1) is 88.8 Å². The average molecular weight is 892 g/mol. The first-order valence-electron chi connectivity index (χ1n) is 27.9. The van der Waals surface area contributed by atoms with E-state index in [0.29, 0.717) is 0 Å². The van der Waals surface area contributed by atoms with E-state index in [1.165, 1.54) is 136 Å². The molecule has 0 N–H and O–H groups in total. The van der Waals surface area contributed by atoms with Gasteiger partial charge in [0.1, 0.15) is 0 Å². The maximum Gasteiger partial charge on any atom is 0.0124 e. The van der Waals surface area contributed by atoms with Gasteiger partial charge >= 0.3 is 0 Å². The van der Waals surface area contributed by atoms with Gasteiger partial charge in [0.15, 0.2) is 0 Å². The zero-order chi connectivity index (χ0) is 46.4. The SMILES string of the molecule is C.C.CC.CC.CC.CC.CC(C)C1CC2CCCN(C)CC2C1.CC(C)C1CC2CCN(C)C2C1.CC(C)C1CC2CCN(C)CC2C1.CC(C)C1CC2CCN(C)CCC2C1. The Morgan fingerprint density at radius 3 is 0.984 bits per heavy atom. The number of rotatable bonds is 4. The van der Waals surface area contributed by atoms with Gasteiger partial charge in [-0.25, -0.2) is 0 Å². The third-order valence-corrected chi connectivity index (χ3v) is 17.4. The minimum Gasteiger partial charge on any atom is -0.306 e. The second-order valence-electron chi connectivity index (χ2n) is 22.4. The molecule has 4 aliphatic carbocycles. The summed E-state index contributed by atoms with van der Waals surface area (Å²) in [5.41, 5.74) is 0. The molecule has 0 aromatic rings. The molecule has 8 aliphatic rings. The monoisotopic (exact) mass is 891 g/mol. The van der Waals surface area contributed by atoms with Crippen molar-refractivity contribution in [2.45, 2.75) is 222 Å². The third kappa shape index (κ3) is 21.4. The molecule has 0 radical (unpaired) electrons. The van der Waals surface area contributed by atoms with Crippen LogP contribution >= 0.6 is 0 Å². The molecule has 4 aliphatic heterocycles. The fourth-order valence-electron chi connectivity index (χ4n) is 13.2. The van der Waals surface area contributed by atoms with E-state index in [-0.39, 0.29) is 14.9 Å². The summed E-state index contributed by atoms with van der Waals surface area (Å²) in [5, 5.41) is 0. The van der Waals surface area contributed by atoms with Gasteiger partial charge in [0.25, 0.3) is 0 Å². The molecule has 0 bridgehead atoms. The van der Waals surface area contributed by atoms with Gasteiger partial charge in [0, 0.05) is 19.1 Å². The Kier molecular flexibility index (Phi) is 36.1. The molecule has 11 atom stereocenters.